The number of carbonyl (C=O) groups excluding carboxylic acids is 3. The van der Waals surface area contributed by atoms with Crippen LogP contribution in [0.15, 0.2) is 24.3 Å². The number of benzene rings is 1. The molecule has 2 aliphatic rings. The van der Waals surface area contributed by atoms with Crippen molar-refractivity contribution >= 4 is 23.9 Å². The molecule has 3 rings (SSSR count). The van der Waals surface area contributed by atoms with Crippen LogP contribution in [-0.4, -0.2) is 60.2 Å². The second-order valence-corrected chi connectivity index (χ2v) is 5.76. The fourth-order valence-corrected chi connectivity index (χ4v) is 3.10. The lowest BCUT2D eigenvalue weighted by Crippen LogP contribution is -2.53. The lowest BCUT2D eigenvalue weighted by molar-refractivity contribution is -0.136. The number of halogens is 1. The quantitative estimate of drug-likeness (QED) is 0.768. The Bertz CT molecular complexity index is 612. The predicted molar refractivity (Wildman–Crippen MR) is 81.1 cm³/mol. The summed E-state index contributed by atoms with van der Waals surface area (Å²) in [6, 6.07) is 5.05. The van der Waals surface area contributed by atoms with E-state index in [1.165, 1.54) is 29.2 Å². The topological polar surface area (TPSA) is 60.9 Å². The summed E-state index contributed by atoms with van der Waals surface area (Å²) in [6.45, 7) is 1.96. The third-order valence-corrected chi connectivity index (χ3v) is 4.38. The maximum absolute atomic E-state index is 13.1. The van der Waals surface area contributed by atoms with Crippen LogP contribution in [0.1, 0.15) is 12.8 Å². The minimum atomic E-state index is -0.546. The highest BCUT2D eigenvalue weighted by atomic mass is 19.1. The number of hydrogen-bond acceptors (Lipinski definition) is 3. The molecule has 0 aromatic heterocycles. The Balaban J connectivity index is 1.75. The molecule has 1 aromatic carbocycles. The first-order chi connectivity index (χ1) is 11.1. The number of anilines is 1. The first-order valence-electron chi connectivity index (χ1n) is 7.66. The summed E-state index contributed by atoms with van der Waals surface area (Å²) in [4.78, 5) is 40.4. The van der Waals surface area contributed by atoms with Gasteiger partial charge in [-0.2, -0.15) is 0 Å². The molecule has 23 heavy (non-hydrogen) atoms. The zero-order valence-electron chi connectivity index (χ0n) is 12.7. The SMILES string of the molecule is O=CN1CCN(C(=O)C2CCC(=O)N2c2ccc(F)cc2)CC1. The Morgan fingerprint density at radius 3 is 2.39 bits per heavy atom. The normalized spacial score (nSPS) is 21.7. The van der Waals surface area contributed by atoms with Gasteiger partial charge in [-0.3, -0.25) is 19.3 Å². The third-order valence-electron chi connectivity index (χ3n) is 4.38. The minimum Gasteiger partial charge on any atom is -0.342 e. The standard InChI is InChI=1S/C16H18FN3O3/c17-12-1-3-13(4-2-12)20-14(5-6-15(20)22)16(23)19-9-7-18(11-21)8-10-19/h1-4,11,14H,5-10H2. The number of carbonyl (C=O) groups is 3. The molecule has 7 heteroatoms. The number of piperazine rings is 1. The maximum Gasteiger partial charge on any atom is 0.245 e. The van der Waals surface area contributed by atoms with Gasteiger partial charge >= 0.3 is 0 Å². The zero-order valence-corrected chi connectivity index (χ0v) is 12.7. The van der Waals surface area contributed by atoms with E-state index in [1.54, 1.807) is 9.80 Å². The molecule has 122 valence electrons. The van der Waals surface area contributed by atoms with E-state index in [2.05, 4.69) is 0 Å². The van der Waals surface area contributed by atoms with E-state index in [4.69, 9.17) is 0 Å². The first kappa shape index (κ1) is 15.5. The van der Waals surface area contributed by atoms with Crippen molar-refractivity contribution in [2.75, 3.05) is 31.1 Å². The fourth-order valence-electron chi connectivity index (χ4n) is 3.10. The van der Waals surface area contributed by atoms with Crippen molar-refractivity contribution in [3.63, 3.8) is 0 Å². The molecule has 2 fully saturated rings. The van der Waals surface area contributed by atoms with Gasteiger partial charge in [0.05, 0.1) is 0 Å². The van der Waals surface area contributed by atoms with Gasteiger partial charge in [-0.1, -0.05) is 0 Å². The summed E-state index contributed by atoms with van der Waals surface area (Å²) in [5.74, 6) is -0.611. The summed E-state index contributed by atoms with van der Waals surface area (Å²) in [7, 11) is 0. The van der Waals surface area contributed by atoms with Gasteiger partial charge in [0.25, 0.3) is 0 Å². The van der Waals surface area contributed by atoms with Crippen LogP contribution in [0, 0.1) is 5.82 Å². The highest BCUT2D eigenvalue weighted by molar-refractivity contribution is 6.03. The van der Waals surface area contributed by atoms with E-state index in [9.17, 15) is 18.8 Å². The van der Waals surface area contributed by atoms with Crippen molar-refractivity contribution in [2.45, 2.75) is 18.9 Å². The molecule has 1 atom stereocenters. The third kappa shape index (κ3) is 3.04. The molecule has 0 spiro atoms. The molecule has 0 saturated carbocycles. The van der Waals surface area contributed by atoms with Crippen molar-refractivity contribution in [3.8, 4) is 0 Å². The van der Waals surface area contributed by atoms with Crippen LogP contribution < -0.4 is 4.90 Å². The lowest BCUT2D eigenvalue weighted by Gasteiger charge is -2.35. The van der Waals surface area contributed by atoms with Gasteiger partial charge in [-0.05, 0) is 30.7 Å². The van der Waals surface area contributed by atoms with Crippen LogP contribution in [0.2, 0.25) is 0 Å². The number of amides is 3. The number of hydrogen-bond donors (Lipinski definition) is 0. The predicted octanol–water partition coefficient (Wildman–Crippen LogP) is 0.622. The Morgan fingerprint density at radius 1 is 1.13 bits per heavy atom. The average molecular weight is 319 g/mol. The monoisotopic (exact) mass is 319 g/mol. The summed E-state index contributed by atoms with van der Waals surface area (Å²) in [6.07, 6.45) is 1.55. The van der Waals surface area contributed by atoms with Gasteiger partial charge in [0.2, 0.25) is 18.2 Å². The molecular formula is C16H18FN3O3. The second-order valence-electron chi connectivity index (χ2n) is 5.76. The molecule has 0 radical (unpaired) electrons. The van der Waals surface area contributed by atoms with Crippen LogP contribution >= 0.6 is 0 Å². The number of nitrogens with zero attached hydrogens (tertiary/aromatic N) is 3. The van der Waals surface area contributed by atoms with Crippen LogP contribution in [0.25, 0.3) is 0 Å². The summed E-state index contributed by atoms with van der Waals surface area (Å²) in [5, 5.41) is 0. The van der Waals surface area contributed by atoms with Crippen LogP contribution in [0.5, 0.6) is 0 Å². The van der Waals surface area contributed by atoms with Crippen molar-refractivity contribution in [1.29, 1.82) is 0 Å². The van der Waals surface area contributed by atoms with E-state index >= 15 is 0 Å². The van der Waals surface area contributed by atoms with E-state index in [1.807, 2.05) is 0 Å². The summed E-state index contributed by atoms with van der Waals surface area (Å²) >= 11 is 0. The molecule has 0 aliphatic carbocycles. The van der Waals surface area contributed by atoms with Crippen molar-refractivity contribution in [3.05, 3.63) is 30.1 Å². The molecule has 1 aromatic rings. The van der Waals surface area contributed by atoms with Gasteiger partial charge in [0.1, 0.15) is 11.9 Å². The number of rotatable bonds is 3. The fraction of sp³-hybridized carbons (Fsp3) is 0.438. The van der Waals surface area contributed by atoms with Crippen LogP contribution in [-0.2, 0) is 14.4 Å². The molecule has 2 heterocycles. The molecule has 6 nitrogen and oxygen atoms in total. The smallest absolute Gasteiger partial charge is 0.245 e. The molecule has 2 aliphatic heterocycles. The van der Waals surface area contributed by atoms with Crippen molar-refractivity contribution in [2.24, 2.45) is 0 Å². The highest BCUT2D eigenvalue weighted by Gasteiger charge is 2.39. The Hall–Kier alpha value is -2.44. The first-order valence-corrected chi connectivity index (χ1v) is 7.66. The lowest BCUT2D eigenvalue weighted by atomic mass is 10.1. The van der Waals surface area contributed by atoms with Gasteiger partial charge in [-0.25, -0.2) is 4.39 Å². The van der Waals surface area contributed by atoms with Gasteiger partial charge < -0.3 is 9.80 Å². The van der Waals surface area contributed by atoms with Gasteiger partial charge in [0.15, 0.2) is 0 Å². The molecular weight excluding hydrogens is 301 g/mol. The minimum absolute atomic E-state index is 0.106. The van der Waals surface area contributed by atoms with Crippen LogP contribution in [0.4, 0.5) is 10.1 Å². The molecule has 1 unspecified atom stereocenters. The largest absolute Gasteiger partial charge is 0.342 e. The summed E-state index contributed by atoms with van der Waals surface area (Å²) < 4.78 is 13.1. The maximum atomic E-state index is 13.1. The van der Waals surface area contributed by atoms with Gasteiger partial charge in [-0.15, -0.1) is 0 Å². The van der Waals surface area contributed by atoms with Gasteiger partial charge in [0, 0.05) is 38.3 Å². The zero-order chi connectivity index (χ0) is 16.4. The molecule has 2 saturated heterocycles. The van der Waals surface area contributed by atoms with Crippen molar-refractivity contribution < 1.29 is 18.8 Å². The molecule has 3 amide bonds. The van der Waals surface area contributed by atoms with Crippen LogP contribution in [0.3, 0.4) is 0 Å². The Kier molecular flexibility index (Phi) is 4.27. The van der Waals surface area contributed by atoms with E-state index in [0.717, 1.165) is 6.41 Å². The average Bonchev–Trinajstić information content (AvgIpc) is 2.97. The van der Waals surface area contributed by atoms with E-state index in [-0.39, 0.29) is 17.6 Å². The molecule has 0 bridgehead atoms. The Morgan fingerprint density at radius 2 is 1.78 bits per heavy atom. The second kappa shape index (κ2) is 6.36. The van der Waals surface area contributed by atoms with Crippen molar-refractivity contribution in [1.82, 2.24) is 9.80 Å². The Labute approximate surface area is 133 Å². The summed E-state index contributed by atoms with van der Waals surface area (Å²) in [5.41, 5.74) is 0.541. The highest BCUT2D eigenvalue weighted by Crippen LogP contribution is 2.28. The van der Waals surface area contributed by atoms with E-state index in [0.29, 0.717) is 44.7 Å². The molecule has 0 N–H and O–H groups in total. The van der Waals surface area contributed by atoms with E-state index < -0.39 is 6.04 Å².